The topological polar surface area (TPSA) is 40.9 Å². The normalized spacial score (nSPS) is 44.3. The first-order valence-corrected chi connectivity index (χ1v) is 13.5. The van der Waals surface area contributed by atoms with Gasteiger partial charge in [-0.3, -0.25) is 4.79 Å². The van der Waals surface area contributed by atoms with E-state index in [1.54, 1.807) is 11.1 Å². The molecule has 0 aromatic rings. The van der Waals surface area contributed by atoms with Gasteiger partial charge in [0.15, 0.2) is 0 Å². The Balaban J connectivity index is 1.38. The minimum absolute atomic E-state index is 0.106. The summed E-state index contributed by atoms with van der Waals surface area (Å²) in [4.78, 5) is 12.5. The Morgan fingerprint density at radius 1 is 1.06 bits per heavy atom. The molecule has 2 heteroatoms. The van der Waals surface area contributed by atoms with Crippen molar-refractivity contribution in [3.05, 3.63) is 11.1 Å². The molecule has 7 atom stereocenters. The van der Waals surface area contributed by atoms with Gasteiger partial charge < -0.3 is 0 Å². The molecule has 0 amide bonds. The van der Waals surface area contributed by atoms with Crippen LogP contribution in [0.4, 0.5) is 0 Å². The first-order valence-electron chi connectivity index (χ1n) is 13.5. The van der Waals surface area contributed by atoms with E-state index in [1.165, 1.54) is 77.0 Å². The Morgan fingerprint density at radius 2 is 1.84 bits per heavy atom. The second-order valence-corrected chi connectivity index (χ2v) is 12.7. The fraction of sp³-hybridized carbons (Fsp3) is 0.862. The van der Waals surface area contributed by atoms with Crippen LogP contribution in [-0.4, -0.2) is 5.78 Å². The van der Waals surface area contributed by atoms with E-state index in [4.69, 9.17) is 0 Å². The summed E-state index contributed by atoms with van der Waals surface area (Å²) >= 11 is 0. The van der Waals surface area contributed by atoms with E-state index in [2.05, 4.69) is 26.8 Å². The van der Waals surface area contributed by atoms with Crippen LogP contribution in [0.3, 0.4) is 0 Å². The number of carbonyl (C=O) groups excluding carboxylic acids is 1. The lowest BCUT2D eigenvalue weighted by molar-refractivity contribution is -0.127. The minimum Gasteiger partial charge on any atom is -0.298 e. The summed E-state index contributed by atoms with van der Waals surface area (Å²) in [6.45, 7) is 7.65. The van der Waals surface area contributed by atoms with Gasteiger partial charge in [0.05, 0.1) is 6.07 Å². The molecule has 5 aliphatic rings. The summed E-state index contributed by atoms with van der Waals surface area (Å²) in [6.07, 6.45) is 18.0. The second kappa shape index (κ2) is 8.04. The van der Waals surface area contributed by atoms with Crippen LogP contribution in [0.25, 0.3) is 0 Å². The van der Waals surface area contributed by atoms with Crippen molar-refractivity contribution in [2.24, 2.45) is 46.3 Å². The Morgan fingerprint density at radius 3 is 2.58 bits per heavy atom. The number of allylic oxidation sites excluding steroid dienone is 2. The Bertz CT molecular complexity index is 798. The van der Waals surface area contributed by atoms with E-state index in [1.807, 2.05) is 0 Å². The summed E-state index contributed by atoms with van der Waals surface area (Å²) in [7, 11) is 0. The Hall–Kier alpha value is -1.10. The smallest absolute Gasteiger partial charge is 0.150 e. The molecule has 0 radical (unpaired) electrons. The molecular weight excluding hydrogens is 378 g/mol. The maximum absolute atomic E-state index is 12.5. The van der Waals surface area contributed by atoms with Gasteiger partial charge in [-0.15, -0.1) is 0 Å². The maximum Gasteiger partial charge on any atom is 0.150 e. The van der Waals surface area contributed by atoms with E-state index in [-0.39, 0.29) is 17.1 Å². The van der Waals surface area contributed by atoms with Crippen molar-refractivity contribution < 1.29 is 4.79 Å². The van der Waals surface area contributed by atoms with Crippen molar-refractivity contribution in [2.45, 2.75) is 111 Å². The van der Waals surface area contributed by atoms with Crippen molar-refractivity contribution in [3.63, 3.8) is 0 Å². The van der Waals surface area contributed by atoms with Gasteiger partial charge >= 0.3 is 0 Å². The van der Waals surface area contributed by atoms with Crippen LogP contribution in [-0.2, 0) is 4.79 Å². The number of hydrogen-bond acceptors (Lipinski definition) is 2. The average Bonchev–Trinajstić information content (AvgIpc) is 3.12. The number of rotatable bonds is 3. The quantitative estimate of drug-likeness (QED) is 0.439. The predicted octanol–water partition coefficient (Wildman–Crippen LogP) is 7.63. The van der Waals surface area contributed by atoms with Crippen LogP contribution in [0.15, 0.2) is 11.1 Å². The highest BCUT2D eigenvalue weighted by Gasteiger charge is 2.57. The van der Waals surface area contributed by atoms with Crippen LogP contribution in [0.5, 0.6) is 0 Å². The second-order valence-electron chi connectivity index (χ2n) is 12.7. The van der Waals surface area contributed by atoms with Crippen LogP contribution >= 0.6 is 0 Å². The van der Waals surface area contributed by atoms with Crippen molar-refractivity contribution >= 4 is 5.78 Å². The molecule has 31 heavy (non-hydrogen) atoms. The molecule has 5 rings (SSSR count). The molecule has 0 spiro atoms. The third-order valence-corrected chi connectivity index (χ3v) is 11.2. The monoisotopic (exact) mass is 421 g/mol. The number of hydrogen-bond donors (Lipinski definition) is 0. The lowest BCUT2D eigenvalue weighted by Gasteiger charge is -2.54. The molecule has 0 aromatic heterocycles. The summed E-state index contributed by atoms with van der Waals surface area (Å²) in [5.41, 5.74) is 4.09. The minimum atomic E-state index is -0.367. The molecule has 3 saturated carbocycles. The van der Waals surface area contributed by atoms with Crippen LogP contribution in [0.2, 0.25) is 0 Å². The molecule has 0 bridgehead atoms. The number of nitrogens with zero attached hydrogens (tertiary/aromatic N) is 1. The number of fused-ring (bicyclic) bond motifs is 4. The fourth-order valence-corrected chi connectivity index (χ4v) is 9.54. The lowest BCUT2D eigenvalue weighted by atomic mass is 9.49. The molecule has 1 unspecified atom stereocenters. The Labute approximate surface area is 190 Å². The maximum atomic E-state index is 12.5. The van der Waals surface area contributed by atoms with Crippen molar-refractivity contribution in [1.29, 1.82) is 5.26 Å². The largest absolute Gasteiger partial charge is 0.298 e. The number of nitriles is 1. The number of Topliss-reactive ketones (excluding diaryl/α,β-unsaturated/α-hetero) is 1. The van der Waals surface area contributed by atoms with E-state index in [0.717, 1.165) is 30.1 Å². The Kier molecular flexibility index (Phi) is 5.64. The van der Waals surface area contributed by atoms with Gasteiger partial charge in [-0.25, -0.2) is 0 Å². The first kappa shape index (κ1) is 21.7. The molecule has 0 saturated heterocycles. The number of ketones is 1. The highest BCUT2D eigenvalue weighted by Crippen LogP contribution is 2.66. The van der Waals surface area contributed by atoms with Crippen molar-refractivity contribution in [1.82, 2.24) is 0 Å². The van der Waals surface area contributed by atoms with Crippen LogP contribution in [0, 0.1) is 57.7 Å². The first-order chi connectivity index (χ1) is 14.9. The van der Waals surface area contributed by atoms with E-state index < -0.39 is 0 Å². The molecule has 0 heterocycles. The lowest BCUT2D eigenvalue weighted by Crippen LogP contribution is -2.47. The average molecular weight is 422 g/mol. The summed E-state index contributed by atoms with van der Waals surface area (Å²) in [5.74, 6) is 3.84. The van der Waals surface area contributed by atoms with E-state index >= 15 is 0 Å². The van der Waals surface area contributed by atoms with Crippen LogP contribution < -0.4 is 0 Å². The fourth-order valence-electron chi connectivity index (χ4n) is 9.54. The summed E-state index contributed by atoms with van der Waals surface area (Å²) in [5, 5.41) is 9.60. The third-order valence-electron chi connectivity index (χ3n) is 11.2. The van der Waals surface area contributed by atoms with Crippen molar-refractivity contribution in [2.75, 3.05) is 0 Å². The van der Waals surface area contributed by atoms with Gasteiger partial charge in [-0.2, -0.15) is 5.26 Å². The molecule has 0 aliphatic heterocycles. The SMILES string of the molecule is C[C@H](CC1CCCCC1)[C@H]1CC[C@H]2C3=C(CC[C@]12C)[C@@]1(C)CC(C#N)C(=O)C[C@@H]1CC3. The standard InChI is InChI=1S/C29H43NO/c1-19(15-20-7-5-4-6-8-20)24-11-12-25-23-10-9-22-16-27(31)21(18-30)17-29(22,3)26(23)13-14-28(24,25)2/h19-22,24-25H,4-17H2,1-3H3/t19-,21?,22+,24-,25+,28-,29+/m1/s1. The summed E-state index contributed by atoms with van der Waals surface area (Å²) in [6, 6.07) is 2.35. The summed E-state index contributed by atoms with van der Waals surface area (Å²) < 4.78 is 0. The molecule has 0 aromatic carbocycles. The molecule has 2 nitrogen and oxygen atoms in total. The molecule has 3 fully saturated rings. The molecule has 5 aliphatic carbocycles. The van der Waals surface area contributed by atoms with Gasteiger partial charge in [0.25, 0.3) is 0 Å². The van der Waals surface area contributed by atoms with Gasteiger partial charge in [-0.05, 0) is 91.8 Å². The zero-order valence-electron chi connectivity index (χ0n) is 20.2. The van der Waals surface area contributed by atoms with Crippen LogP contribution in [0.1, 0.15) is 111 Å². The zero-order valence-corrected chi connectivity index (χ0v) is 20.2. The third kappa shape index (κ3) is 3.45. The predicted molar refractivity (Wildman–Crippen MR) is 125 cm³/mol. The van der Waals surface area contributed by atoms with Gasteiger partial charge in [0, 0.05) is 6.42 Å². The van der Waals surface area contributed by atoms with Gasteiger partial charge in [0.2, 0.25) is 0 Å². The van der Waals surface area contributed by atoms with Gasteiger partial charge in [0.1, 0.15) is 11.7 Å². The van der Waals surface area contributed by atoms with E-state index in [0.29, 0.717) is 17.8 Å². The highest BCUT2D eigenvalue weighted by atomic mass is 16.1. The molecule has 170 valence electrons. The highest BCUT2D eigenvalue weighted by molar-refractivity contribution is 5.84. The molecule has 0 N–H and O–H groups in total. The van der Waals surface area contributed by atoms with Crippen molar-refractivity contribution in [3.8, 4) is 6.07 Å². The van der Waals surface area contributed by atoms with Gasteiger partial charge in [-0.1, -0.05) is 64.0 Å². The zero-order chi connectivity index (χ0) is 21.8. The number of carbonyl (C=O) groups is 1. The molecular formula is C29H43NO. The van der Waals surface area contributed by atoms with E-state index in [9.17, 15) is 10.1 Å².